The molecule has 2 atom stereocenters. The van der Waals surface area contributed by atoms with E-state index in [1.807, 2.05) is 24.3 Å². The zero-order valence-electron chi connectivity index (χ0n) is 16.8. The summed E-state index contributed by atoms with van der Waals surface area (Å²) in [4.78, 5) is 38.8. The number of carbonyl (C=O) groups is 3. The number of nitrogens with zero attached hydrogens (tertiary/aromatic N) is 1. The number of ether oxygens (including phenoxy) is 2. The summed E-state index contributed by atoms with van der Waals surface area (Å²) in [6.07, 6.45) is 0.860. The topological polar surface area (TPSA) is 84.9 Å². The first-order valence-electron chi connectivity index (χ1n) is 10.2. The third kappa shape index (κ3) is 4.01. The van der Waals surface area contributed by atoms with Gasteiger partial charge in [0.2, 0.25) is 11.8 Å². The maximum atomic E-state index is 12.9. The summed E-state index contributed by atoms with van der Waals surface area (Å²) in [5.74, 6) is -0.259. The predicted octanol–water partition coefficient (Wildman–Crippen LogP) is 2.86. The van der Waals surface area contributed by atoms with Crippen LogP contribution < -0.4 is 15.0 Å². The van der Waals surface area contributed by atoms with Crippen molar-refractivity contribution < 1.29 is 23.9 Å². The fraction of sp³-hybridized carbons (Fsp3) is 0.348. The minimum Gasteiger partial charge on any atom is -0.493 e. The number of amides is 2. The molecule has 1 saturated heterocycles. The molecule has 1 N–H and O–H groups in total. The molecule has 1 fully saturated rings. The fourth-order valence-electron chi connectivity index (χ4n) is 3.91. The van der Waals surface area contributed by atoms with Gasteiger partial charge in [-0.3, -0.25) is 9.59 Å². The van der Waals surface area contributed by atoms with Crippen LogP contribution in [-0.2, 0) is 14.3 Å². The van der Waals surface area contributed by atoms with Gasteiger partial charge in [-0.2, -0.15) is 0 Å². The van der Waals surface area contributed by atoms with E-state index < -0.39 is 11.9 Å². The van der Waals surface area contributed by atoms with Gasteiger partial charge in [0.15, 0.2) is 0 Å². The zero-order chi connectivity index (χ0) is 21.1. The Morgan fingerprint density at radius 2 is 1.93 bits per heavy atom. The van der Waals surface area contributed by atoms with Gasteiger partial charge in [0.1, 0.15) is 5.75 Å². The van der Waals surface area contributed by atoms with Gasteiger partial charge in [0.05, 0.1) is 30.7 Å². The van der Waals surface area contributed by atoms with Crippen LogP contribution in [0.5, 0.6) is 5.75 Å². The Hall–Kier alpha value is -3.35. The van der Waals surface area contributed by atoms with Crippen molar-refractivity contribution in [1.82, 2.24) is 5.32 Å². The third-order valence-electron chi connectivity index (χ3n) is 5.46. The molecule has 2 aromatic carbocycles. The van der Waals surface area contributed by atoms with Crippen LogP contribution in [-0.4, -0.2) is 37.5 Å². The quantitative estimate of drug-likeness (QED) is 0.769. The Morgan fingerprint density at radius 3 is 2.70 bits per heavy atom. The fourth-order valence-corrected chi connectivity index (χ4v) is 3.91. The lowest BCUT2D eigenvalue weighted by Gasteiger charge is -2.27. The van der Waals surface area contributed by atoms with E-state index in [0.717, 1.165) is 11.3 Å². The number of para-hydroxylation sites is 1. The van der Waals surface area contributed by atoms with E-state index in [1.54, 1.807) is 36.1 Å². The van der Waals surface area contributed by atoms with Crippen molar-refractivity contribution in [2.45, 2.75) is 25.8 Å². The molecule has 0 saturated carbocycles. The van der Waals surface area contributed by atoms with Crippen molar-refractivity contribution in [1.29, 1.82) is 0 Å². The van der Waals surface area contributed by atoms with Crippen LogP contribution in [0, 0.1) is 5.92 Å². The largest absolute Gasteiger partial charge is 0.493 e. The van der Waals surface area contributed by atoms with Gasteiger partial charge < -0.3 is 19.7 Å². The Bertz CT molecular complexity index is 956. The highest BCUT2D eigenvalue weighted by atomic mass is 16.5. The lowest BCUT2D eigenvalue weighted by atomic mass is 9.99. The van der Waals surface area contributed by atoms with E-state index in [4.69, 9.17) is 9.47 Å². The second-order valence-electron chi connectivity index (χ2n) is 7.41. The van der Waals surface area contributed by atoms with E-state index in [0.29, 0.717) is 37.4 Å². The van der Waals surface area contributed by atoms with Crippen LogP contribution in [0.2, 0.25) is 0 Å². The highest BCUT2D eigenvalue weighted by Crippen LogP contribution is 2.32. The number of benzene rings is 2. The molecule has 2 amide bonds. The number of rotatable bonds is 5. The van der Waals surface area contributed by atoms with Crippen molar-refractivity contribution in [3.8, 4) is 5.75 Å². The smallest absolute Gasteiger partial charge is 0.338 e. The molecule has 2 aromatic rings. The lowest BCUT2D eigenvalue weighted by Crippen LogP contribution is -2.37. The maximum Gasteiger partial charge on any atom is 0.338 e. The van der Waals surface area contributed by atoms with Crippen LogP contribution >= 0.6 is 0 Å². The van der Waals surface area contributed by atoms with Crippen LogP contribution in [0.3, 0.4) is 0 Å². The SMILES string of the molecule is CCOC(=O)c1ccc(N2CC(C(=O)NC3CCOc4ccccc43)CC2=O)cc1. The Kier molecular flexibility index (Phi) is 5.70. The lowest BCUT2D eigenvalue weighted by molar-refractivity contribution is -0.127. The van der Waals surface area contributed by atoms with Crippen molar-refractivity contribution in [3.63, 3.8) is 0 Å². The molecule has 2 aliphatic rings. The molecule has 2 aliphatic heterocycles. The molecule has 0 radical (unpaired) electrons. The number of esters is 1. The Balaban J connectivity index is 1.41. The summed E-state index contributed by atoms with van der Waals surface area (Å²) in [6, 6.07) is 14.2. The van der Waals surface area contributed by atoms with Gasteiger partial charge >= 0.3 is 5.97 Å². The molecule has 4 rings (SSSR count). The molecule has 2 heterocycles. The van der Waals surface area contributed by atoms with Crippen LogP contribution in [0.15, 0.2) is 48.5 Å². The van der Waals surface area contributed by atoms with E-state index in [2.05, 4.69) is 5.32 Å². The minimum atomic E-state index is -0.419. The van der Waals surface area contributed by atoms with Gasteiger partial charge in [-0.05, 0) is 37.3 Å². The molecule has 156 valence electrons. The zero-order valence-corrected chi connectivity index (χ0v) is 16.8. The summed E-state index contributed by atoms with van der Waals surface area (Å²) in [7, 11) is 0. The molecular formula is C23H24N2O5. The molecule has 0 aliphatic carbocycles. The van der Waals surface area contributed by atoms with E-state index >= 15 is 0 Å². The highest BCUT2D eigenvalue weighted by molar-refractivity contribution is 6.00. The molecular weight excluding hydrogens is 384 g/mol. The number of anilines is 1. The Labute approximate surface area is 175 Å². The van der Waals surface area contributed by atoms with Gasteiger partial charge in [-0.25, -0.2) is 4.79 Å². The summed E-state index contributed by atoms with van der Waals surface area (Å²) in [6.45, 7) is 2.91. The van der Waals surface area contributed by atoms with Gasteiger partial charge in [0.25, 0.3) is 0 Å². The van der Waals surface area contributed by atoms with Gasteiger partial charge in [0, 0.05) is 30.6 Å². The number of carbonyl (C=O) groups excluding carboxylic acids is 3. The molecule has 2 unspecified atom stereocenters. The van der Waals surface area contributed by atoms with Crippen LogP contribution in [0.1, 0.15) is 41.7 Å². The Morgan fingerprint density at radius 1 is 1.17 bits per heavy atom. The summed E-state index contributed by atoms with van der Waals surface area (Å²) in [5.41, 5.74) is 2.06. The average Bonchev–Trinajstić information content (AvgIpc) is 3.16. The number of hydrogen-bond donors (Lipinski definition) is 1. The van der Waals surface area contributed by atoms with Crippen molar-refractivity contribution in [3.05, 3.63) is 59.7 Å². The first kappa shape index (κ1) is 19.9. The van der Waals surface area contributed by atoms with Crippen molar-refractivity contribution >= 4 is 23.5 Å². The van der Waals surface area contributed by atoms with E-state index in [-0.39, 0.29) is 24.3 Å². The monoisotopic (exact) mass is 408 g/mol. The number of hydrogen-bond acceptors (Lipinski definition) is 5. The van der Waals surface area contributed by atoms with E-state index in [9.17, 15) is 14.4 Å². The predicted molar refractivity (Wildman–Crippen MR) is 110 cm³/mol. The summed E-state index contributed by atoms with van der Waals surface area (Å²) >= 11 is 0. The second-order valence-corrected chi connectivity index (χ2v) is 7.41. The van der Waals surface area contributed by atoms with Crippen molar-refractivity contribution in [2.75, 3.05) is 24.7 Å². The van der Waals surface area contributed by atoms with Gasteiger partial charge in [-0.1, -0.05) is 18.2 Å². The van der Waals surface area contributed by atoms with Crippen molar-refractivity contribution in [2.24, 2.45) is 5.92 Å². The number of nitrogens with one attached hydrogen (secondary N) is 1. The summed E-state index contributed by atoms with van der Waals surface area (Å²) < 4.78 is 10.6. The number of fused-ring (bicyclic) bond motifs is 1. The molecule has 0 aromatic heterocycles. The molecule has 30 heavy (non-hydrogen) atoms. The molecule has 0 spiro atoms. The normalized spacial score (nSPS) is 20.3. The van der Waals surface area contributed by atoms with Crippen LogP contribution in [0.4, 0.5) is 5.69 Å². The minimum absolute atomic E-state index is 0.105. The first-order valence-corrected chi connectivity index (χ1v) is 10.2. The van der Waals surface area contributed by atoms with Gasteiger partial charge in [-0.15, -0.1) is 0 Å². The standard InChI is InChI=1S/C23H24N2O5/c1-2-29-23(28)15-7-9-17(10-8-15)25-14-16(13-21(25)26)22(27)24-19-11-12-30-20-6-4-3-5-18(19)20/h3-10,16,19H,2,11-14H2,1H3,(H,24,27). The summed E-state index contributed by atoms with van der Waals surface area (Å²) in [5, 5.41) is 3.09. The maximum absolute atomic E-state index is 12.9. The van der Waals surface area contributed by atoms with E-state index in [1.165, 1.54) is 0 Å². The molecule has 7 heteroatoms. The average molecular weight is 408 g/mol. The highest BCUT2D eigenvalue weighted by Gasteiger charge is 2.36. The molecule has 7 nitrogen and oxygen atoms in total. The second kappa shape index (κ2) is 8.57. The van der Waals surface area contributed by atoms with Crippen LogP contribution in [0.25, 0.3) is 0 Å². The third-order valence-corrected chi connectivity index (χ3v) is 5.46. The first-order chi connectivity index (χ1) is 14.6. The molecule has 0 bridgehead atoms.